The molecule has 0 aliphatic heterocycles. The molecule has 3 heteroatoms. The molecule has 1 aliphatic carbocycles. The zero-order chi connectivity index (χ0) is 13.0. The molecule has 1 fully saturated rings. The van der Waals surface area contributed by atoms with Crippen LogP contribution in [0.2, 0.25) is 0 Å². The Balaban J connectivity index is 2.26. The average Bonchev–Trinajstić information content (AvgIpc) is 2.40. The van der Waals surface area contributed by atoms with E-state index >= 15 is 0 Å². The number of hydrogen-bond acceptors (Lipinski definition) is 2. The fourth-order valence-electron chi connectivity index (χ4n) is 2.57. The predicted molar refractivity (Wildman–Crippen MR) is 76.6 cm³/mol. The van der Waals surface area contributed by atoms with Crippen molar-refractivity contribution in [2.75, 3.05) is 0 Å². The summed E-state index contributed by atoms with van der Waals surface area (Å²) in [6, 6.07) is 6.83. The van der Waals surface area contributed by atoms with Gasteiger partial charge in [-0.3, -0.25) is 4.99 Å². The predicted octanol–water partition coefficient (Wildman–Crippen LogP) is 2.85. The number of hydrazine groups is 1. The summed E-state index contributed by atoms with van der Waals surface area (Å²) >= 11 is 0. The van der Waals surface area contributed by atoms with E-state index in [-0.39, 0.29) is 0 Å². The van der Waals surface area contributed by atoms with Gasteiger partial charge in [-0.2, -0.15) is 0 Å². The van der Waals surface area contributed by atoms with Gasteiger partial charge in [0.05, 0.1) is 6.04 Å². The molecule has 0 heterocycles. The van der Waals surface area contributed by atoms with Gasteiger partial charge in [0.2, 0.25) is 0 Å². The van der Waals surface area contributed by atoms with Crippen LogP contribution in [-0.2, 0) is 0 Å². The Labute approximate surface area is 109 Å². The van der Waals surface area contributed by atoms with Gasteiger partial charge in [0.25, 0.3) is 0 Å². The largest absolute Gasteiger partial charge is 0.308 e. The third-order valence-corrected chi connectivity index (χ3v) is 3.67. The summed E-state index contributed by atoms with van der Waals surface area (Å²) in [4.78, 5) is 4.81. The number of rotatable bonds is 2. The van der Waals surface area contributed by atoms with E-state index < -0.39 is 0 Å². The summed E-state index contributed by atoms with van der Waals surface area (Å²) in [5.41, 5.74) is 6.37. The Morgan fingerprint density at radius 2 is 1.94 bits per heavy atom. The molecule has 0 radical (unpaired) electrons. The monoisotopic (exact) mass is 245 g/mol. The minimum atomic E-state index is 0.435. The number of amidine groups is 1. The molecule has 1 saturated carbocycles. The summed E-state index contributed by atoms with van der Waals surface area (Å²) in [5.74, 6) is 6.50. The summed E-state index contributed by atoms with van der Waals surface area (Å²) < 4.78 is 0. The number of hydrogen-bond donors (Lipinski definition) is 2. The van der Waals surface area contributed by atoms with Gasteiger partial charge < -0.3 is 5.43 Å². The SMILES string of the molecule is Cc1ccc(C)c(C(=NC2CCCCC2)NN)c1. The van der Waals surface area contributed by atoms with Crippen molar-refractivity contribution in [3.63, 3.8) is 0 Å². The first kappa shape index (κ1) is 13.1. The molecule has 0 aromatic heterocycles. The van der Waals surface area contributed by atoms with Crippen LogP contribution in [0.5, 0.6) is 0 Å². The molecule has 0 spiro atoms. The Hall–Kier alpha value is -1.35. The molecule has 1 aromatic rings. The number of benzene rings is 1. The van der Waals surface area contributed by atoms with Gasteiger partial charge in [-0.25, -0.2) is 5.84 Å². The van der Waals surface area contributed by atoms with Crippen molar-refractivity contribution in [1.82, 2.24) is 5.43 Å². The molecule has 0 unspecified atom stereocenters. The van der Waals surface area contributed by atoms with E-state index in [1.54, 1.807) is 0 Å². The average molecular weight is 245 g/mol. The summed E-state index contributed by atoms with van der Waals surface area (Å²) in [6.07, 6.45) is 6.31. The van der Waals surface area contributed by atoms with Crippen molar-refractivity contribution in [3.05, 3.63) is 34.9 Å². The lowest BCUT2D eigenvalue weighted by Crippen LogP contribution is -2.33. The van der Waals surface area contributed by atoms with E-state index in [4.69, 9.17) is 10.8 Å². The second kappa shape index (κ2) is 6.01. The van der Waals surface area contributed by atoms with Crippen molar-refractivity contribution in [1.29, 1.82) is 0 Å². The van der Waals surface area contributed by atoms with Crippen LogP contribution in [0, 0.1) is 13.8 Å². The lowest BCUT2D eigenvalue weighted by atomic mass is 9.95. The van der Waals surface area contributed by atoms with Gasteiger partial charge >= 0.3 is 0 Å². The molecule has 18 heavy (non-hydrogen) atoms. The number of aliphatic imine (C=N–C) groups is 1. The molecule has 1 aromatic carbocycles. The van der Waals surface area contributed by atoms with E-state index in [9.17, 15) is 0 Å². The number of nitrogens with one attached hydrogen (secondary N) is 1. The molecule has 2 rings (SSSR count). The van der Waals surface area contributed by atoms with Crippen LogP contribution >= 0.6 is 0 Å². The topological polar surface area (TPSA) is 50.4 Å². The minimum Gasteiger partial charge on any atom is -0.308 e. The second-order valence-corrected chi connectivity index (χ2v) is 5.23. The molecule has 0 amide bonds. The van der Waals surface area contributed by atoms with Crippen LogP contribution in [-0.4, -0.2) is 11.9 Å². The third kappa shape index (κ3) is 3.10. The highest BCUT2D eigenvalue weighted by atomic mass is 15.3. The number of aryl methyl sites for hydroxylation is 2. The first-order valence-corrected chi connectivity index (χ1v) is 6.83. The van der Waals surface area contributed by atoms with Crippen LogP contribution in [0.1, 0.15) is 48.8 Å². The van der Waals surface area contributed by atoms with E-state index in [0.29, 0.717) is 6.04 Å². The quantitative estimate of drug-likeness (QED) is 0.364. The van der Waals surface area contributed by atoms with Gasteiger partial charge in [0, 0.05) is 5.56 Å². The maximum Gasteiger partial charge on any atom is 0.143 e. The summed E-state index contributed by atoms with van der Waals surface area (Å²) in [6.45, 7) is 4.19. The molecule has 0 bridgehead atoms. The zero-order valence-electron chi connectivity index (χ0n) is 11.4. The number of nitrogens with two attached hydrogens (primary N) is 1. The van der Waals surface area contributed by atoms with Crippen LogP contribution in [0.25, 0.3) is 0 Å². The van der Waals surface area contributed by atoms with Gasteiger partial charge in [-0.15, -0.1) is 0 Å². The Kier molecular flexibility index (Phi) is 4.37. The van der Waals surface area contributed by atoms with Crippen molar-refractivity contribution in [2.24, 2.45) is 10.8 Å². The molecule has 0 saturated heterocycles. The molecule has 98 valence electrons. The van der Waals surface area contributed by atoms with E-state index in [2.05, 4.69) is 37.5 Å². The van der Waals surface area contributed by atoms with Crippen LogP contribution < -0.4 is 11.3 Å². The van der Waals surface area contributed by atoms with Gasteiger partial charge in [-0.1, -0.05) is 37.0 Å². The van der Waals surface area contributed by atoms with Gasteiger partial charge in [0.1, 0.15) is 5.84 Å². The minimum absolute atomic E-state index is 0.435. The number of nitrogens with zero attached hydrogens (tertiary/aromatic N) is 1. The van der Waals surface area contributed by atoms with Crippen LogP contribution in [0.15, 0.2) is 23.2 Å². The van der Waals surface area contributed by atoms with Crippen molar-refractivity contribution in [3.8, 4) is 0 Å². The van der Waals surface area contributed by atoms with Gasteiger partial charge in [0.15, 0.2) is 0 Å². The van der Waals surface area contributed by atoms with Crippen LogP contribution in [0.3, 0.4) is 0 Å². The van der Waals surface area contributed by atoms with Crippen molar-refractivity contribution >= 4 is 5.84 Å². The maximum atomic E-state index is 5.66. The van der Waals surface area contributed by atoms with Crippen LogP contribution in [0.4, 0.5) is 0 Å². The van der Waals surface area contributed by atoms with E-state index in [0.717, 1.165) is 11.4 Å². The Morgan fingerprint density at radius 1 is 1.22 bits per heavy atom. The van der Waals surface area contributed by atoms with Crippen molar-refractivity contribution in [2.45, 2.75) is 52.0 Å². The lowest BCUT2D eigenvalue weighted by Gasteiger charge is -2.20. The molecular weight excluding hydrogens is 222 g/mol. The lowest BCUT2D eigenvalue weighted by molar-refractivity contribution is 0.442. The third-order valence-electron chi connectivity index (χ3n) is 3.67. The zero-order valence-corrected chi connectivity index (χ0v) is 11.4. The highest BCUT2D eigenvalue weighted by molar-refractivity contribution is 5.99. The smallest absolute Gasteiger partial charge is 0.143 e. The molecular formula is C15H23N3. The highest BCUT2D eigenvalue weighted by Crippen LogP contribution is 2.21. The summed E-state index contributed by atoms with van der Waals surface area (Å²) in [5, 5.41) is 0. The first-order valence-electron chi connectivity index (χ1n) is 6.83. The molecule has 1 aliphatic rings. The molecule has 0 atom stereocenters. The standard InChI is InChI=1S/C15H23N3/c1-11-8-9-12(2)14(10-11)15(18-16)17-13-6-4-3-5-7-13/h8-10,13H,3-7,16H2,1-2H3,(H,17,18). The Bertz CT molecular complexity index is 431. The van der Waals surface area contributed by atoms with Crippen molar-refractivity contribution < 1.29 is 0 Å². The van der Waals surface area contributed by atoms with Gasteiger partial charge in [-0.05, 0) is 38.3 Å². The first-order chi connectivity index (χ1) is 8.70. The fraction of sp³-hybridized carbons (Fsp3) is 0.533. The molecule has 3 nitrogen and oxygen atoms in total. The maximum absolute atomic E-state index is 5.66. The highest BCUT2D eigenvalue weighted by Gasteiger charge is 2.14. The normalized spacial score (nSPS) is 17.8. The summed E-state index contributed by atoms with van der Waals surface area (Å²) in [7, 11) is 0. The van der Waals surface area contributed by atoms with E-state index in [1.807, 2.05) is 0 Å². The Morgan fingerprint density at radius 3 is 2.61 bits per heavy atom. The fourth-order valence-corrected chi connectivity index (χ4v) is 2.57. The molecule has 3 N–H and O–H groups in total. The second-order valence-electron chi connectivity index (χ2n) is 5.23. The van der Waals surface area contributed by atoms with E-state index in [1.165, 1.54) is 43.2 Å².